The van der Waals surface area contributed by atoms with E-state index < -0.39 is 6.17 Å². The highest BCUT2D eigenvalue weighted by molar-refractivity contribution is 5.70. The van der Waals surface area contributed by atoms with Gasteiger partial charge in [0.1, 0.15) is 23.8 Å². The van der Waals surface area contributed by atoms with E-state index >= 15 is 0 Å². The summed E-state index contributed by atoms with van der Waals surface area (Å²) in [6.45, 7) is 1.71. The molecule has 3 aromatic rings. The molecule has 1 unspecified atom stereocenters. The Bertz CT molecular complexity index is 976. The lowest BCUT2D eigenvalue weighted by atomic mass is 10.1. The highest BCUT2D eigenvalue weighted by atomic mass is 19.1. The lowest BCUT2D eigenvalue weighted by Gasteiger charge is -2.24. The predicted octanol–water partition coefficient (Wildman–Crippen LogP) is 3.54. The van der Waals surface area contributed by atoms with E-state index in [2.05, 4.69) is 25.5 Å². The van der Waals surface area contributed by atoms with Crippen molar-refractivity contribution in [2.75, 3.05) is 32.6 Å². The molecule has 0 spiro atoms. The van der Waals surface area contributed by atoms with Crippen LogP contribution in [0.3, 0.4) is 0 Å². The number of nitriles is 1. The van der Waals surface area contributed by atoms with E-state index in [4.69, 9.17) is 10.00 Å². The number of piperidine rings is 1. The smallest absolute Gasteiger partial charge is 0.158 e. The Morgan fingerprint density at radius 1 is 1.27 bits per heavy atom. The van der Waals surface area contributed by atoms with Gasteiger partial charge in [0.2, 0.25) is 0 Å². The average Bonchev–Trinajstić information content (AvgIpc) is 3.23. The molecule has 4 rings (SSSR count). The third-order valence-corrected chi connectivity index (χ3v) is 4.56. The van der Waals surface area contributed by atoms with Gasteiger partial charge in [0, 0.05) is 18.2 Å². The van der Waals surface area contributed by atoms with Gasteiger partial charge in [0.25, 0.3) is 0 Å². The van der Waals surface area contributed by atoms with E-state index in [1.165, 1.54) is 12.4 Å². The Kier molecular flexibility index (Phi) is 7.29. The van der Waals surface area contributed by atoms with Crippen LogP contribution in [0.5, 0.6) is 5.75 Å². The van der Waals surface area contributed by atoms with Crippen molar-refractivity contribution in [3.8, 4) is 23.1 Å². The molecular formula is C21H24FN7O. The number of hydrogen-bond acceptors (Lipinski definition) is 7. The number of likely N-dealkylation sites (tertiary alicyclic amines) is 1. The molecule has 0 bridgehead atoms. The maximum Gasteiger partial charge on any atom is 0.158 e. The van der Waals surface area contributed by atoms with Gasteiger partial charge in [-0.25, -0.2) is 14.4 Å². The van der Waals surface area contributed by atoms with Crippen molar-refractivity contribution in [3.63, 3.8) is 0 Å². The van der Waals surface area contributed by atoms with Gasteiger partial charge in [-0.15, -0.1) is 0 Å². The number of ether oxygens (including phenoxy) is 1. The topological polar surface area (TPSA) is 103 Å². The molecule has 1 aromatic carbocycles. The number of para-hydroxylation sites is 1. The first kappa shape index (κ1) is 21.2. The molecule has 1 atom stereocenters. The van der Waals surface area contributed by atoms with Gasteiger partial charge in [-0.3, -0.25) is 5.10 Å². The largest absolute Gasteiger partial charge is 0.496 e. The Labute approximate surface area is 174 Å². The van der Waals surface area contributed by atoms with Crippen LogP contribution in [0.4, 0.5) is 16.0 Å². The molecule has 8 nitrogen and oxygen atoms in total. The van der Waals surface area contributed by atoms with Crippen LogP contribution in [0, 0.1) is 11.3 Å². The van der Waals surface area contributed by atoms with Gasteiger partial charge in [-0.2, -0.15) is 10.4 Å². The van der Waals surface area contributed by atoms with E-state index in [-0.39, 0.29) is 5.69 Å². The highest BCUT2D eigenvalue weighted by Gasteiger charge is 2.14. The van der Waals surface area contributed by atoms with Crippen molar-refractivity contribution in [2.24, 2.45) is 0 Å². The summed E-state index contributed by atoms with van der Waals surface area (Å²) in [5, 5.41) is 18.8. The minimum Gasteiger partial charge on any atom is -0.496 e. The summed E-state index contributed by atoms with van der Waals surface area (Å²) < 4.78 is 17.7. The number of hydrogen-bond donors (Lipinski definition) is 2. The molecule has 9 heteroatoms. The fourth-order valence-electron chi connectivity index (χ4n) is 3.08. The monoisotopic (exact) mass is 409 g/mol. The van der Waals surface area contributed by atoms with Crippen LogP contribution in [-0.4, -0.2) is 58.5 Å². The summed E-state index contributed by atoms with van der Waals surface area (Å²) >= 11 is 0. The van der Waals surface area contributed by atoms with Crippen molar-refractivity contribution in [1.29, 1.82) is 5.26 Å². The summed E-state index contributed by atoms with van der Waals surface area (Å²) in [5.41, 5.74) is 2.00. The average molecular weight is 409 g/mol. The van der Waals surface area contributed by atoms with Gasteiger partial charge in [0.15, 0.2) is 11.5 Å². The molecule has 1 aliphatic rings. The molecule has 0 saturated carbocycles. The Balaban J connectivity index is 0.000000269. The van der Waals surface area contributed by atoms with Crippen LogP contribution in [0.2, 0.25) is 0 Å². The number of halogens is 1. The van der Waals surface area contributed by atoms with Gasteiger partial charge < -0.3 is 15.0 Å². The molecule has 2 aromatic heterocycles. The fourth-order valence-corrected chi connectivity index (χ4v) is 3.08. The van der Waals surface area contributed by atoms with Crippen LogP contribution >= 0.6 is 0 Å². The van der Waals surface area contributed by atoms with Gasteiger partial charge in [0.05, 0.1) is 25.2 Å². The number of alkyl halides is 1. The maximum absolute atomic E-state index is 12.4. The lowest BCUT2D eigenvalue weighted by molar-refractivity contribution is 0.163. The number of aromatic nitrogens is 4. The Morgan fingerprint density at radius 2 is 2.10 bits per heavy atom. The molecule has 1 saturated heterocycles. The molecule has 156 valence electrons. The number of H-pyrrole nitrogens is 1. The number of nitrogens with zero attached hydrogens (tertiary/aromatic N) is 5. The van der Waals surface area contributed by atoms with Gasteiger partial charge >= 0.3 is 0 Å². The van der Waals surface area contributed by atoms with E-state index in [9.17, 15) is 4.39 Å². The Morgan fingerprint density at radius 3 is 2.73 bits per heavy atom. The maximum atomic E-state index is 12.4. The summed E-state index contributed by atoms with van der Waals surface area (Å²) in [4.78, 5) is 10.1. The summed E-state index contributed by atoms with van der Waals surface area (Å²) in [7, 11) is 3.59. The van der Waals surface area contributed by atoms with Crippen LogP contribution in [0.25, 0.3) is 11.3 Å². The second-order valence-electron chi connectivity index (χ2n) is 6.89. The zero-order valence-electron chi connectivity index (χ0n) is 17.0. The second kappa shape index (κ2) is 10.3. The van der Waals surface area contributed by atoms with Crippen molar-refractivity contribution in [2.45, 2.75) is 19.0 Å². The minimum absolute atomic E-state index is 0.266. The number of nitrogens with one attached hydrogen (secondary N) is 2. The van der Waals surface area contributed by atoms with E-state index in [0.717, 1.165) is 36.4 Å². The third kappa shape index (κ3) is 5.75. The highest BCUT2D eigenvalue weighted by Crippen LogP contribution is 2.29. The van der Waals surface area contributed by atoms with Crippen molar-refractivity contribution >= 4 is 11.6 Å². The number of rotatable bonds is 4. The summed E-state index contributed by atoms with van der Waals surface area (Å²) in [5.74, 6) is 1.87. The SMILES string of the molecule is CN1CCCC(F)C1.COc1ccccc1-c1cc(Nc2cnc(C#N)cn2)n[nH]1. The first-order valence-corrected chi connectivity index (χ1v) is 9.59. The van der Waals surface area contributed by atoms with Gasteiger partial charge in [-0.1, -0.05) is 12.1 Å². The lowest BCUT2D eigenvalue weighted by Crippen LogP contribution is -2.32. The van der Waals surface area contributed by atoms with Crippen molar-refractivity contribution in [1.82, 2.24) is 25.1 Å². The number of benzene rings is 1. The predicted molar refractivity (Wildman–Crippen MR) is 112 cm³/mol. The zero-order chi connectivity index (χ0) is 21.3. The van der Waals surface area contributed by atoms with Crippen LogP contribution in [-0.2, 0) is 0 Å². The van der Waals surface area contributed by atoms with Crippen molar-refractivity contribution < 1.29 is 9.13 Å². The first-order valence-electron chi connectivity index (χ1n) is 9.59. The molecule has 3 heterocycles. The normalized spacial score (nSPS) is 16.1. The first-order chi connectivity index (χ1) is 14.6. The van der Waals surface area contributed by atoms with Gasteiger partial charge in [-0.05, 0) is 38.6 Å². The standard InChI is InChI=1S/C15H12N6O.C6H12FN/c1-22-13-5-3-2-4-11(13)12-6-14(21-20-12)19-15-9-17-10(7-16)8-18-15;1-8-4-2-3-6(7)5-8/h2-6,8-9H,1H3,(H2,18,19,20,21);6H,2-5H2,1H3. The molecule has 2 N–H and O–H groups in total. The quantitative estimate of drug-likeness (QED) is 0.679. The molecular weight excluding hydrogens is 385 g/mol. The van der Waals surface area contributed by atoms with Crippen molar-refractivity contribution in [3.05, 3.63) is 48.4 Å². The third-order valence-electron chi connectivity index (χ3n) is 4.56. The molecule has 0 radical (unpaired) electrons. The number of methoxy groups -OCH3 is 1. The zero-order valence-corrected chi connectivity index (χ0v) is 17.0. The molecule has 0 amide bonds. The number of aromatic amines is 1. The molecule has 0 aliphatic carbocycles. The molecule has 30 heavy (non-hydrogen) atoms. The van der Waals surface area contributed by atoms with Crippen LogP contribution in [0.1, 0.15) is 18.5 Å². The van der Waals surface area contributed by atoms with E-state index in [0.29, 0.717) is 18.2 Å². The fraction of sp³-hybridized carbons (Fsp3) is 0.333. The molecule has 1 fully saturated rings. The Hall–Kier alpha value is -3.51. The number of anilines is 2. The van der Waals surface area contributed by atoms with Crippen LogP contribution in [0.15, 0.2) is 42.7 Å². The summed E-state index contributed by atoms with van der Waals surface area (Å²) in [6.07, 6.45) is 4.11. The van der Waals surface area contributed by atoms with Crippen LogP contribution < -0.4 is 10.1 Å². The minimum atomic E-state index is -0.561. The second-order valence-corrected chi connectivity index (χ2v) is 6.89. The van der Waals surface area contributed by atoms with E-state index in [1.807, 2.05) is 48.3 Å². The molecule has 1 aliphatic heterocycles. The summed E-state index contributed by atoms with van der Waals surface area (Å²) in [6, 6.07) is 11.4. The van der Waals surface area contributed by atoms with E-state index in [1.54, 1.807) is 7.11 Å².